The molecule has 5 nitrogen and oxygen atoms in total. The second-order valence-electron chi connectivity index (χ2n) is 4.69. The van der Waals surface area contributed by atoms with Crippen LogP contribution in [0.1, 0.15) is 23.9 Å². The molecule has 0 aliphatic carbocycles. The van der Waals surface area contributed by atoms with Crippen LogP contribution in [0.5, 0.6) is 0 Å². The number of aryl methyl sites for hydroxylation is 1. The average Bonchev–Trinajstić information content (AvgIpc) is 2.83. The van der Waals surface area contributed by atoms with Crippen molar-refractivity contribution in [2.24, 2.45) is 0 Å². The first-order chi connectivity index (χ1) is 10.0. The van der Waals surface area contributed by atoms with Crippen molar-refractivity contribution in [1.29, 1.82) is 0 Å². The second kappa shape index (κ2) is 6.87. The molecule has 0 fully saturated rings. The number of anilines is 1. The molecule has 1 atom stereocenters. The third kappa shape index (κ3) is 3.71. The smallest absolute Gasteiger partial charge is 0.313 e. The van der Waals surface area contributed by atoms with Crippen molar-refractivity contribution in [2.45, 2.75) is 32.7 Å². The Balaban J connectivity index is 2.21. The van der Waals surface area contributed by atoms with E-state index in [0.29, 0.717) is 11.4 Å². The molecule has 2 heterocycles. The van der Waals surface area contributed by atoms with Crippen LogP contribution >= 0.6 is 22.9 Å². The summed E-state index contributed by atoms with van der Waals surface area (Å²) >= 11 is 7.71. The number of nitrogens with one attached hydrogen (secondary N) is 1. The molecule has 0 radical (unpaired) electrons. The molecule has 1 unspecified atom stereocenters. The monoisotopic (exact) mass is 325 g/mol. The lowest BCUT2D eigenvalue weighted by molar-refractivity contribution is -0.384. The van der Waals surface area contributed by atoms with E-state index in [9.17, 15) is 10.1 Å². The fraction of sp³-hybridized carbons (Fsp3) is 0.357. The quantitative estimate of drug-likeness (QED) is 0.629. The molecule has 0 amide bonds. The van der Waals surface area contributed by atoms with Gasteiger partial charge in [-0.3, -0.25) is 15.1 Å². The van der Waals surface area contributed by atoms with E-state index in [0.717, 1.165) is 22.7 Å². The summed E-state index contributed by atoms with van der Waals surface area (Å²) in [5.41, 5.74) is 0.953. The van der Waals surface area contributed by atoms with E-state index in [4.69, 9.17) is 11.6 Å². The van der Waals surface area contributed by atoms with Crippen molar-refractivity contribution in [3.8, 4) is 0 Å². The summed E-state index contributed by atoms with van der Waals surface area (Å²) < 4.78 is 0. The second-order valence-corrected chi connectivity index (χ2v) is 6.10. The molecule has 0 saturated heterocycles. The van der Waals surface area contributed by atoms with Crippen LogP contribution in [0.3, 0.4) is 0 Å². The molecule has 0 aromatic carbocycles. The van der Waals surface area contributed by atoms with Gasteiger partial charge in [0, 0.05) is 23.5 Å². The average molecular weight is 326 g/mol. The number of halogens is 1. The highest BCUT2D eigenvalue weighted by Crippen LogP contribution is 2.29. The van der Waals surface area contributed by atoms with Crippen LogP contribution < -0.4 is 5.32 Å². The van der Waals surface area contributed by atoms with Crippen LogP contribution in [0.2, 0.25) is 5.02 Å². The van der Waals surface area contributed by atoms with Crippen molar-refractivity contribution < 1.29 is 4.92 Å². The highest BCUT2D eigenvalue weighted by atomic mass is 35.5. The first-order valence-corrected chi connectivity index (χ1v) is 7.87. The zero-order valence-electron chi connectivity index (χ0n) is 11.8. The lowest BCUT2D eigenvalue weighted by Crippen LogP contribution is -2.22. The third-order valence-corrected chi connectivity index (χ3v) is 4.67. The van der Waals surface area contributed by atoms with Gasteiger partial charge in [-0.1, -0.05) is 18.5 Å². The van der Waals surface area contributed by atoms with Crippen molar-refractivity contribution in [2.75, 3.05) is 5.32 Å². The van der Waals surface area contributed by atoms with Gasteiger partial charge in [-0.25, -0.2) is 0 Å². The van der Waals surface area contributed by atoms with Gasteiger partial charge in [-0.15, -0.1) is 11.3 Å². The summed E-state index contributed by atoms with van der Waals surface area (Å²) in [5.74, 6) is 0. The summed E-state index contributed by atoms with van der Waals surface area (Å²) in [6.45, 7) is 3.68. The molecular formula is C14H16ClN3O2S. The molecule has 2 aromatic rings. The van der Waals surface area contributed by atoms with Gasteiger partial charge in [0.05, 0.1) is 9.95 Å². The molecule has 0 spiro atoms. The minimum Gasteiger partial charge on any atom is -0.376 e. The Morgan fingerprint density at radius 2 is 2.29 bits per heavy atom. The molecule has 2 aromatic heterocycles. The summed E-state index contributed by atoms with van der Waals surface area (Å²) in [5, 5.41) is 17.1. The molecule has 2 rings (SSSR count). The van der Waals surface area contributed by atoms with Crippen LogP contribution in [0.25, 0.3) is 0 Å². The molecule has 0 bridgehead atoms. The maximum Gasteiger partial charge on any atom is 0.313 e. The van der Waals surface area contributed by atoms with Gasteiger partial charge in [-0.2, -0.15) is 0 Å². The Hall–Kier alpha value is -1.66. The van der Waals surface area contributed by atoms with Gasteiger partial charge in [-0.05, 0) is 30.9 Å². The first kappa shape index (κ1) is 15.7. The number of rotatable bonds is 6. The van der Waals surface area contributed by atoms with E-state index in [2.05, 4.69) is 10.3 Å². The van der Waals surface area contributed by atoms with Crippen molar-refractivity contribution in [1.82, 2.24) is 4.98 Å². The Labute approximate surface area is 132 Å². The molecular weight excluding hydrogens is 310 g/mol. The van der Waals surface area contributed by atoms with E-state index >= 15 is 0 Å². The lowest BCUT2D eigenvalue weighted by atomic mass is 10.1. The molecule has 7 heteroatoms. The zero-order valence-corrected chi connectivity index (χ0v) is 13.4. The number of aromatic nitrogens is 1. The molecule has 1 N–H and O–H groups in total. The van der Waals surface area contributed by atoms with E-state index in [1.54, 1.807) is 30.5 Å². The maximum atomic E-state index is 11.2. The van der Waals surface area contributed by atoms with Crippen molar-refractivity contribution in [3.05, 3.63) is 49.4 Å². The highest BCUT2D eigenvalue weighted by molar-refractivity contribution is 7.10. The third-order valence-electron chi connectivity index (χ3n) is 3.27. The van der Waals surface area contributed by atoms with Crippen LogP contribution in [-0.4, -0.2) is 15.9 Å². The number of thiophene rings is 1. The number of nitro groups is 1. The fourth-order valence-corrected chi connectivity index (χ4v) is 3.31. The summed E-state index contributed by atoms with van der Waals surface area (Å²) in [6, 6.07) is 3.60. The number of pyridine rings is 1. The van der Waals surface area contributed by atoms with Crippen LogP contribution in [0.15, 0.2) is 23.7 Å². The first-order valence-electron chi connectivity index (χ1n) is 6.61. The molecule has 0 saturated carbocycles. The van der Waals surface area contributed by atoms with Gasteiger partial charge >= 0.3 is 5.69 Å². The van der Waals surface area contributed by atoms with E-state index in [1.807, 2.05) is 18.4 Å². The van der Waals surface area contributed by atoms with Crippen molar-refractivity contribution >= 4 is 34.3 Å². The largest absolute Gasteiger partial charge is 0.376 e. The minimum atomic E-state index is -0.393. The van der Waals surface area contributed by atoms with E-state index in [1.165, 1.54) is 0 Å². The predicted octanol–water partition coefficient (Wildman–Crippen LogP) is 4.45. The lowest BCUT2D eigenvalue weighted by Gasteiger charge is -2.18. The standard InChI is InChI=1S/C14H16ClN3O2S/c1-3-10(8-13-11(15)5-7-21-13)17-12-4-6-16-9(2)14(12)18(19)20/h4-7,10H,3,8H2,1-2H3,(H,16,17). The number of nitrogens with zero attached hydrogens (tertiary/aromatic N) is 2. The van der Waals surface area contributed by atoms with Gasteiger partial charge in [0.1, 0.15) is 11.4 Å². The van der Waals surface area contributed by atoms with Gasteiger partial charge in [0.2, 0.25) is 0 Å². The van der Waals surface area contributed by atoms with Gasteiger partial charge in [0.25, 0.3) is 0 Å². The highest BCUT2D eigenvalue weighted by Gasteiger charge is 2.20. The normalized spacial score (nSPS) is 12.1. The SMILES string of the molecule is CCC(Cc1sccc1Cl)Nc1ccnc(C)c1[N+](=O)[O-]. The van der Waals surface area contributed by atoms with Crippen molar-refractivity contribution in [3.63, 3.8) is 0 Å². The van der Waals surface area contributed by atoms with Gasteiger partial charge < -0.3 is 5.32 Å². The maximum absolute atomic E-state index is 11.2. The Kier molecular flexibility index (Phi) is 5.14. The minimum absolute atomic E-state index is 0.0354. The summed E-state index contributed by atoms with van der Waals surface area (Å²) in [6.07, 6.45) is 3.16. The van der Waals surface area contributed by atoms with Crippen LogP contribution in [-0.2, 0) is 6.42 Å². The van der Waals surface area contributed by atoms with Crippen LogP contribution in [0, 0.1) is 17.0 Å². The fourth-order valence-electron chi connectivity index (χ4n) is 2.12. The van der Waals surface area contributed by atoms with E-state index < -0.39 is 4.92 Å². The Bertz CT molecular complexity index is 645. The molecule has 0 aliphatic heterocycles. The number of hydrogen-bond acceptors (Lipinski definition) is 5. The number of hydrogen-bond donors (Lipinski definition) is 1. The van der Waals surface area contributed by atoms with Crippen LogP contribution in [0.4, 0.5) is 11.4 Å². The molecule has 21 heavy (non-hydrogen) atoms. The summed E-state index contributed by atoms with van der Waals surface area (Å²) in [7, 11) is 0. The summed E-state index contributed by atoms with van der Waals surface area (Å²) in [4.78, 5) is 15.9. The topological polar surface area (TPSA) is 68.1 Å². The Morgan fingerprint density at radius 1 is 1.52 bits per heavy atom. The predicted molar refractivity (Wildman–Crippen MR) is 86.4 cm³/mol. The molecule has 0 aliphatic rings. The van der Waals surface area contributed by atoms with E-state index in [-0.39, 0.29) is 11.7 Å². The molecule has 112 valence electrons. The Morgan fingerprint density at radius 3 is 2.86 bits per heavy atom. The zero-order chi connectivity index (χ0) is 15.4. The van der Waals surface area contributed by atoms with Gasteiger partial charge in [0.15, 0.2) is 0 Å².